The molecular weight excluding hydrogens is 346 g/mol. The van der Waals surface area contributed by atoms with Crippen LogP contribution < -0.4 is 20.3 Å². The van der Waals surface area contributed by atoms with Gasteiger partial charge in [0.2, 0.25) is 12.7 Å². The lowest BCUT2D eigenvalue weighted by atomic mass is 10.1. The number of fused-ring (bicyclic) bond motifs is 1. The number of aryl methyl sites for hydroxylation is 1. The van der Waals surface area contributed by atoms with Crippen LogP contribution in [0.4, 0.5) is 5.69 Å². The van der Waals surface area contributed by atoms with Crippen LogP contribution >= 0.6 is 0 Å². The maximum atomic E-state index is 12.4. The molecule has 1 aliphatic rings. The third-order valence-corrected chi connectivity index (χ3v) is 4.28. The molecule has 1 aliphatic heterocycles. The fourth-order valence-corrected chi connectivity index (χ4v) is 2.82. The molecular formula is C20H17N3O4. The molecule has 7 heteroatoms. The molecule has 0 fully saturated rings. The van der Waals surface area contributed by atoms with Crippen LogP contribution in [-0.4, -0.2) is 22.3 Å². The Morgan fingerprint density at radius 2 is 1.96 bits per heavy atom. The van der Waals surface area contributed by atoms with Gasteiger partial charge < -0.3 is 14.8 Å². The van der Waals surface area contributed by atoms with Crippen molar-refractivity contribution in [1.82, 2.24) is 9.55 Å². The number of nitrogens with zero attached hydrogens (tertiary/aromatic N) is 2. The maximum absolute atomic E-state index is 12.4. The summed E-state index contributed by atoms with van der Waals surface area (Å²) in [5.41, 5.74) is 2.62. The molecule has 2 aromatic carbocycles. The Hall–Kier alpha value is -3.61. The molecule has 0 aliphatic carbocycles. The Labute approximate surface area is 155 Å². The van der Waals surface area contributed by atoms with Gasteiger partial charge in [-0.3, -0.25) is 14.2 Å². The first-order valence-electron chi connectivity index (χ1n) is 8.42. The lowest BCUT2D eigenvalue weighted by Gasteiger charge is -2.10. The van der Waals surface area contributed by atoms with Gasteiger partial charge in [-0.2, -0.15) is 0 Å². The molecule has 7 nitrogen and oxygen atoms in total. The molecule has 4 rings (SSSR count). The van der Waals surface area contributed by atoms with E-state index < -0.39 is 0 Å². The number of amides is 1. The van der Waals surface area contributed by atoms with Crippen LogP contribution in [0, 0.1) is 6.92 Å². The van der Waals surface area contributed by atoms with Gasteiger partial charge in [0.05, 0.1) is 12.0 Å². The highest BCUT2D eigenvalue weighted by atomic mass is 16.7. The van der Waals surface area contributed by atoms with Gasteiger partial charge in [-0.25, -0.2) is 4.98 Å². The largest absolute Gasteiger partial charge is 0.454 e. The summed E-state index contributed by atoms with van der Waals surface area (Å²) >= 11 is 0. The second-order valence-electron chi connectivity index (χ2n) is 6.17. The number of carbonyl (C=O) groups is 1. The quantitative estimate of drug-likeness (QED) is 0.770. The van der Waals surface area contributed by atoms with Crippen molar-refractivity contribution in [3.63, 3.8) is 0 Å². The summed E-state index contributed by atoms with van der Waals surface area (Å²) < 4.78 is 11.9. The second kappa shape index (κ2) is 6.95. The summed E-state index contributed by atoms with van der Waals surface area (Å²) in [6.45, 7) is 1.98. The third kappa shape index (κ3) is 3.52. The van der Waals surface area contributed by atoms with Crippen molar-refractivity contribution in [3.8, 4) is 22.8 Å². The normalized spacial score (nSPS) is 12.0. The topological polar surface area (TPSA) is 82.5 Å². The average molecular weight is 363 g/mol. The highest BCUT2D eigenvalue weighted by molar-refractivity contribution is 5.91. The molecule has 0 saturated carbocycles. The molecule has 0 unspecified atom stereocenters. The number of anilines is 1. The molecule has 0 saturated heterocycles. The molecule has 3 aromatic rings. The predicted octanol–water partition coefficient (Wildman–Crippen LogP) is 2.59. The summed E-state index contributed by atoms with van der Waals surface area (Å²) in [6.07, 6.45) is 1.37. The molecule has 1 N–H and O–H groups in total. The van der Waals surface area contributed by atoms with E-state index in [4.69, 9.17) is 9.47 Å². The fourth-order valence-electron chi connectivity index (χ4n) is 2.82. The van der Waals surface area contributed by atoms with E-state index in [0.29, 0.717) is 17.2 Å². The second-order valence-corrected chi connectivity index (χ2v) is 6.17. The zero-order valence-corrected chi connectivity index (χ0v) is 14.6. The minimum atomic E-state index is -0.308. The van der Waals surface area contributed by atoms with Gasteiger partial charge in [0.1, 0.15) is 6.54 Å². The zero-order valence-electron chi connectivity index (χ0n) is 14.6. The van der Waals surface area contributed by atoms with Crippen LogP contribution in [0.2, 0.25) is 0 Å². The van der Waals surface area contributed by atoms with Gasteiger partial charge in [-0.1, -0.05) is 18.2 Å². The molecule has 2 heterocycles. The first kappa shape index (κ1) is 16.8. The van der Waals surface area contributed by atoms with Crippen molar-refractivity contribution in [1.29, 1.82) is 0 Å². The van der Waals surface area contributed by atoms with E-state index in [9.17, 15) is 9.59 Å². The molecule has 136 valence electrons. The first-order chi connectivity index (χ1) is 13.1. The Bertz CT molecular complexity index is 1070. The maximum Gasteiger partial charge on any atom is 0.254 e. The SMILES string of the molecule is Cc1ccccc1NC(=O)Cn1cnc(-c2ccc3c(c2)OCO3)cc1=O. The van der Waals surface area contributed by atoms with Crippen molar-refractivity contribution in [2.45, 2.75) is 13.5 Å². The summed E-state index contributed by atoms with van der Waals surface area (Å²) in [5.74, 6) is 1.00. The van der Waals surface area contributed by atoms with Crippen LogP contribution in [0.5, 0.6) is 11.5 Å². The number of hydrogen-bond donors (Lipinski definition) is 1. The van der Waals surface area contributed by atoms with E-state index in [0.717, 1.165) is 16.8 Å². The minimum absolute atomic E-state index is 0.110. The van der Waals surface area contributed by atoms with Crippen molar-refractivity contribution in [2.75, 3.05) is 12.1 Å². The Morgan fingerprint density at radius 3 is 2.78 bits per heavy atom. The van der Waals surface area contributed by atoms with Gasteiger partial charge in [-0.05, 0) is 36.8 Å². The monoisotopic (exact) mass is 363 g/mol. The number of carbonyl (C=O) groups excluding carboxylic acids is 1. The summed E-state index contributed by atoms with van der Waals surface area (Å²) in [6, 6.07) is 14.2. The van der Waals surface area contributed by atoms with E-state index in [1.54, 1.807) is 12.1 Å². The summed E-state index contributed by atoms with van der Waals surface area (Å²) in [4.78, 5) is 28.9. The van der Waals surface area contributed by atoms with Crippen LogP contribution in [0.25, 0.3) is 11.3 Å². The van der Waals surface area contributed by atoms with E-state index in [-0.39, 0.29) is 24.8 Å². The number of para-hydroxylation sites is 1. The highest BCUT2D eigenvalue weighted by Gasteiger charge is 2.15. The van der Waals surface area contributed by atoms with Gasteiger partial charge >= 0.3 is 0 Å². The molecule has 0 radical (unpaired) electrons. The van der Waals surface area contributed by atoms with E-state index in [1.165, 1.54) is 17.0 Å². The Kier molecular flexibility index (Phi) is 4.33. The smallest absolute Gasteiger partial charge is 0.254 e. The summed E-state index contributed by atoms with van der Waals surface area (Å²) in [7, 11) is 0. The average Bonchev–Trinajstić information content (AvgIpc) is 3.13. The minimum Gasteiger partial charge on any atom is -0.454 e. The van der Waals surface area contributed by atoms with Crippen LogP contribution in [0.15, 0.2) is 59.7 Å². The highest BCUT2D eigenvalue weighted by Crippen LogP contribution is 2.35. The van der Waals surface area contributed by atoms with Crippen molar-refractivity contribution >= 4 is 11.6 Å². The lowest BCUT2D eigenvalue weighted by molar-refractivity contribution is -0.116. The molecule has 27 heavy (non-hydrogen) atoms. The van der Waals surface area contributed by atoms with Gasteiger partial charge in [0, 0.05) is 17.3 Å². The Morgan fingerprint density at radius 1 is 1.15 bits per heavy atom. The zero-order chi connectivity index (χ0) is 18.8. The van der Waals surface area contributed by atoms with Crippen molar-refractivity contribution in [2.24, 2.45) is 0 Å². The number of hydrogen-bond acceptors (Lipinski definition) is 5. The standard InChI is InChI=1S/C20H17N3O4/c1-13-4-2-3-5-15(13)22-19(24)10-23-11-21-16(9-20(23)25)14-6-7-17-18(8-14)27-12-26-17/h2-9,11H,10,12H2,1H3,(H,22,24). The van der Waals surface area contributed by atoms with E-state index in [2.05, 4.69) is 10.3 Å². The first-order valence-corrected chi connectivity index (χ1v) is 8.42. The molecule has 0 bridgehead atoms. The number of aromatic nitrogens is 2. The molecule has 1 aromatic heterocycles. The predicted molar refractivity (Wildman–Crippen MR) is 99.9 cm³/mol. The molecule has 0 spiro atoms. The third-order valence-electron chi connectivity index (χ3n) is 4.28. The molecule has 1 amide bonds. The van der Waals surface area contributed by atoms with Crippen LogP contribution in [0.3, 0.4) is 0 Å². The number of nitrogens with one attached hydrogen (secondary N) is 1. The lowest BCUT2D eigenvalue weighted by Crippen LogP contribution is -2.27. The van der Waals surface area contributed by atoms with E-state index in [1.807, 2.05) is 37.3 Å². The van der Waals surface area contributed by atoms with E-state index >= 15 is 0 Å². The van der Waals surface area contributed by atoms with Crippen LogP contribution in [0.1, 0.15) is 5.56 Å². The Balaban J connectivity index is 1.51. The fraction of sp³-hybridized carbons (Fsp3) is 0.150. The number of rotatable bonds is 4. The van der Waals surface area contributed by atoms with Crippen LogP contribution in [-0.2, 0) is 11.3 Å². The molecule has 0 atom stereocenters. The van der Waals surface area contributed by atoms with Gasteiger partial charge in [0.25, 0.3) is 5.56 Å². The van der Waals surface area contributed by atoms with Crippen molar-refractivity contribution in [3.05, 3.63) is 70.8 Å². The van der Waals surface area contributed by atoms with Gasteiger partial charge in [-0.15, -0.1) is 0 Å². The number of ether oxygens (including phenoxy) is 2. The van der Waals surface area contributed by atoms with Crippen molar-refractivity contribution < 1.29 is 14.3 Å². The number of benzene rings is 2. The van der Waals surface area contributed by atoms with Gasteiger partial charge in [0.15, 0.2) is 11.5 Å². The summed E-state index contributed by atoms with van der Waals surface area (Å²) in [5, 5.41) is 2.80.